The molecular formula is C46H52F2N2O7. The minimum Gasteiger partial charge on any atom is -0.497 e. The van der Waals surface area contributed by atoms with Crippen LogP contribution >= 0.6 is 0 Å². The number of allylic oxidation sites excluding steroid dienone is 2. The van der Waals surface area contributed by atoms with E-state index in [9.17, 15) is 28.6 Å². The lowest BCUT2D eigenvalue weighted by Crippen LogP contribution is -2.54. The first-order chi connectivity index (χ1) is 27.3. The average molecular weight is 783 g/mol. The lowest BCUT2D eigenvalue weighted by atomic mass is 9.64. The summed E-state index contributed by atoms with van der Waals surface area (Å²) in [5.74, 6) is -1.29. The normalized spacial score (nSPS) is 22.2. The first-order valence-electron chi connectivity index (χ1n) is 19.4. The minimum absolute atomic E-state index is 0.00250. The predicted molar refractivity (Wildman–Crippen MR) is 215 cm³/mol. The summed E-state index contributed by atoms with van der Waals surface area (Å²) in [4.78, 5) is 30.3. The molecule has 0 aliphatic heterocycles. The maximum atomic E-state index is 14.5. The molecule has 3 aliphatic carbocycles. The van der Waals surface area contributed by atoms with Crippen LogP contribution in [0.3, 0.4) is 0 Å². The topological polar surface area (TPSA) is 118 Å². The van der Waals surface area contributed by atoms with Crippen LogP contribution in [0.15, 0.2) is 90.5 Å². The molecule has 2 amide bonds. The Hall–Kier alpha value is -5.26. The molecule has 3 N–H and O–H groups in total. The van der Waals surface area contributed by atoms with Crippen molar-refractivity contribution in [2.45, 2.75) is 83.0 Å². The van der Waals surface area contributed by atoms with Crippen LogP contribution in [0.4, 0.5) is 19.3 Å². The number of amides is 2. The quantitative estimate of drug-likeness (QED) is 0.109. The molecule has 0 aromatic heterocycles. The summed E-state index contributed by atoms with van der Waals surface area (Å²) in [5, 5.41) is 27.1. The molecule has 4 aromatic rings. The number of urea groups is 1. The van der Waals surface area contributed by atoms with Crippen LogP contribution in [0.5, 0.6) is 17.2 Å². The Morgan fingerprint density at radius 2 is 1.61 bits per heavy atom. The van der Waals surface area contributed by atoms with Gasteiger partial charge in [-0.05, 0) is 130 Å². The molecule has 0 radical (unpaired) electrons. The van der Waals surface area contributed by atoms with Crippen molar-refractivity contribution in [3.8, 4) is 17.2 Å². The number of benzene rings is 4. The summed E-state index contributed by atoms with van der Waals surface area (Å²) in [6.07, 6.45) is 4.91. The monoisotopic (exact) mass is 782 g/mol. The number of nitrogens with one attached hydrogen (secondary N) is 1. The van der Waals surface area contributed by atoms with Crippen molar-refractivity contribution in [1.29, 1.82) is 0 Å². The van der Waals surface area contributed by atoms with Gasteiger partial charge in [-0.3, -0.25) is 4.79 Å². The predicted octanol–water partition coefficient (Wildman–Crippen LogP) is 8.99. The number of fused-ring (bicyclic) bond motifs is 8. The molecule has 0 unspecified atom stereocenters. The Morgan fingerprint density at radius 1 is 0.877 bits per heavy atom. The molecule has 0 heterocycles. The number of aliphatic hydroxyl groups excluding tert-OH is 1. The maximum Gasteiger partial charge on any atom is 0.322 e. The third-order valence-electron chi connectivity index (χ3n) is 12.0. The molecule has 4 aromatic carbocycles. The van der Waals surface area contributed by atoms with Crippen LogP contribution < -0.4 is 19.5 Å². The van der Waals surface area contributed by atoms with Gasteiger partial charge in [0.1, 0.15) is 17.2 Å². The number of rotatable bonds is 10. The number of hydrogen-bond donors (Lipinski definition) is 3. The number of ketones is 1. The Kier molecular flexibility index (Phi) is 12.7. The molecular weight excluding hydrogens is 731 g/mol. The summed E-state index contributed by atoms with van der Waals surface area (Å²) < 4.78 is 44.9. The first-order valence-corrected chi connectivity index (χ1v) is 19.4. The van der Waals surface area contributed by atoms with Crippen LogP contribution in [-0.4, -0.2) is 66.5 Å². The SMILES string of the molecule is COc1ccc(NC(=O)N(Cc2ccc(OC)cc2OC)C[C@]2(O)CC[C@H]3c4ccc(cc4C(=O)c4ccc(F)c(F)c4)C[C@@H](O)CCC(C)=CCC[C@@]32C)cc1. The average Bonchev–Trinajstić information content (AvgIpc) is 3.46. The van der Waals surface area contributed by atoms with E-state index in [1.54, 1.807) is 68.7 Å². The fraction of sp³-hybridized carbons (Fsp3) is 0.391. The van der Waals surface area contributed by atoms with E-state index in [2.05, 4.69) is 11.4 Å². The van der Waals surface area contributed by atoms with E-state index >= 15 is 0 Å². The van der Waals surface area contributed by atoms with Gasteiger partial charge >= 0.3 is 6.03 Å². The molecule has 11 heteroatoms. The minimum atomic E-state index is -1.45. The van der Waals surface area contributed by atoms with Crippen molar-refractivity contribution < 1.29 is 42.8 Å². The van der Waals surface area contributed by atoms with Gasteiger partial charge in [0, 0.05) is 33.9 Å². The largest absolute Gasteiger partial charge is 0.497 e. The van der Waals surface area contributed by atoms with Gasteiger partial charge in [-0.25, -0.2) is 13.6 Å². The van der Waals surface area contributed by atoms with Crippen molar-refractivity contribution in [3.05, 3.63) is 130 Å². The maximum absolute atomic E-state index is 14.5. The highest BCUT2D eigenvalue weighted by Gasteiger charge is 2.57. The Morgan fingerprint density at radius 3 is 2.32 bits per heavy atom. The molecule has 2 bridgehead atoms. The van der Waals surface area contributed by atoms with Gasteiger partial charge < -0.3 is 34.6 Å². The molecule has 4 atom stereocenters. The standard InChI is InChI=1S/C46H52F2N2O7/c1-29-7-6-21-45(2)39(37-18-9-30(23-34(51)14-8-29)24-38(37)43(52)31-11-19-40(47)41(48)25-31)20-22-46(45,54)28-50(27-32-10-15-36(56-4)26-42(32)57-5)44(53)49-33-12-16-35(55-3)17-13-33/h7,9-13,15-19,24-26,34,39,51,54H,6,8,14,20-23,27-28H2,1-5H3,(H,49,53)/t34-,39-,45-,46+/m0/s1. The van der Waals surface area contributed by atoms with Crippen LogP contribution in [-0.2, 0) is 13.0 Å². The number of anilines is 1. The first kappa shape index (κ1) is 41.4. The van der Waals surface area contributed by atoms with E-state index in [0.29, 0.717) is 84.6 Å². The van der Waals surface area contributed by atoms with E-state index in [1.807, 2.05) is 32.0 Å². The molecule has 57 heavy (non-hydrogen) atoms. The molecule has 1 saturated carbocycles. The van der Waals surface area contributed by atoms with Crippen LogP contribution in [0.1, 0.15) is 90.9 Å². The fourth-order valence-corrected chi connectivity index (χ4v) is 8.57. The number of hydrogen-bond acceptors (Lipinski definition) is 7. The number of carbonyl (C=O) groups excluding carboxylic acids is 2. The molecule has 0 spiro atoms. The Labute approximate surface area is 333 Å². The van der Waals surface area contributed by atoms with Crippen molar-refractivity contribution >= 4 is 17.5 Å². The van der Waals surface area contributed by atoms with Crippen LogP contribution in [0, 0.1) is 17.0 Å². The van der Waals surface area contributed by atoms with Gasteiger partial charge in [-0.15, -0.1) is 0 Å². The van der Waals surface area contributed by atoms with Gasteiger partial charge in [-0.2, -0.15) is 0 Å². The van der Waals surface area contributed by atoms with Crippen molar-refractivity contribution in [2.24, 2.45) is 5.41 Å². The van der Waals surface area contributed by atoms with E-state index in [4.69, 9.17) is 14.2 Å². The highest BCUT2D eigenvalue weighted by atomic mass is 19.2. The van der Waals surface area contributed by atoms with Gasteiger partial charge in [-0.1, -0.05) is 30.7 Å². The number of nitrogens with zero attached hydrogens (tertiary/aromatic N) is 1. The summed E-state index contributed by atoms with van der Waals surface area (Å²) in [5.41, 5.74) is 1.75. The zero-order valence-corrected chi connectivity index (χ0v) is 33.2. The van der Waals surface area contributed by atoms with E-state index in [0.717, 1.165) is 23.3 Å². The highest BCUT2D eigenvalue weighted by molar-refractivity contribution is 6.10. The molecule has 3 aliphatic rings. The summed E-state index contributed by atoms with van der Waals surface area (Å²) in [6.45, 7) is 4.10. The zero-order chi connectivity index (χ0) is 40.9. The van der Waals surface area contributed by atoms with E-state index in [1.165, 1.54) is 6.07 Å². The number of aliphatic hydroxyl groups is 2. The van der Waals surface area contributed by atoms with E-state index < -0.39 is 40.6 Å². The van der Waals surface area contributed by atoms with Crippen molar-refractivity contribution in [3.63, 3.8) is 0 Å². The Balaban J connectivity index is 1.44. The second kappa shape index (κ2) is 17.5. The summed E-state index contributed by atoms with van der Waals surface area (Å²) >= 11 is 0. The number of ether oxygens (including phenoxy) is 3. The van der Waals surface area contributed by atoms with Crippen LogP contribution in [0.25, 0.3) is 0 Å². The van der Waals surface area contributed by atoms with Crippen molar-refractivity contribution in [1.82, 2.24) is 4.90 Å². The van der Waals surface area contributed by atoms with E-state index in [-0.39, 0.29) is 24.6 Å². The molecule has 0 saturated heterocycles. The number of methoxy groups -OCH3 is 3. The van der Waals surface area contributed by atoms with Gasteiger partial charge in [0.15, 0.2) is 17.4 Å². The lowest BCUT2D eigenvalue weighted by molar-refractivity contribution is -0.0773. The number of halogens is 2. The summed E-state index contributed by atoms with van der Waals surface area (Å²) in [7, 11) is 4.68. The second-order valence-electron chi connectivity index (χ2n) is 15.6. The second-order valence-corrected chi connectivity index (χ2v) is 15.6. The van der Waals surface area contributed by atoms with Gasteiger partial charge in [0.25, 0.3) is 0 Å². The lowest BCUT2D eigenvalue weighted by Gasteiger charge is -2.46. The smallest absolute Gasteiger partial charge is 0.322 e. The third-order valence-corrected chi connectivity index (χ3v) is 12.0. The van der Waals surface area contributed by atoms with Gasteiger partial charge in [0.2, 0.25) is 0 Å². The molecule has 302 valence electrons. The van der Waals surface area contributed by atoms with Crippen molar-refractivity contribution in [2.75, 3.05) is 33.2 Å². The Bertz CT molecular complexity index is 2120. The molecule has 1 fully saturated rings. The molecule has 7 rings (SSSR count). The fourth-order valence-electron chi connectivity index (χ4n) is 8.57. The number of carbonyl (C=O) groups is 2. The molecule has 9 nitrogen and oxygen atoms in total. The van der Waals surface area contributed by atoms with Gasteiger partial charge in [0.05, 0.1) is 46.1 Å². The van der Waals surface area contributed by atoms with Crippen LogP contribution in [0.2, 0.25) is 0 Å². The summed E-state index contributed by atoms with van der Waals surface area (Å²) in [6, 6.07) is 20.6. The zero-order valence-electron chi connectivity index (χ0n) is 33.2. The highest BCUT2D eigenvalue weighted by Crippen LogP contribution is 2.59. The third kappa shape index (κ3) is 9.00.